The summed E-state index contributed by atoms with van der Waals surface area (Å²) in [5, 5.41) is 2.63. The maximum absolute atomic E-state index is 5.56. The van der Waals surface area contributed by atoms with E-state index in [2.05, 4.69) is 68.4 Å². The van der Waals surface area contributed by atoms with Gasteiger partial charge < -0.3 is 8.97 Å². The number of hydrogen-bond donors (Lipinski definition) is 0. The summed E-state index contributed by atoms with van der Waals surface area (Å²) in [5.74, 6) is 0.608. The first-order valence-electron chi connectivity index (χ1n) is 12.9. The largest absolute Gasteiger partial charge is 0.379 e. The molecule has 0 aromatic carbocycles. The van der Waals surface area contributed by atoms with Crippen LogP contribution in [0, 0.1) is 6.92 Å². The van der Waals surface area contributed by atoms with E-state index in [9.17, 15) is 0 Å². The molecule has 5 nitrogen and oxygen atoms in total. The van der Waals surface area contributed by atoms with Crippen molar-refractivity contribution in [1.82, 2.24) is 19.1 Å². The highest BCUT2D eigenvalue weighted by Gasteiger charge is 2.39. The monoisotopic (exact) mass is 496 g/mol. The Balaban J connectivity index is 1.48. The van der Waals surface area contributed by atoms with Gasteiger partial charge in [-0.15, -0.1) is 11.3 Å². The molecule has 5 rings (SSSR count). The van der Waals surface area contributed by atoms with Gasteiger partial charge in [0.05, 0.1) is 13.2 Å². The van der Waals surface area contributed by atoms with Crippen molar-refractivity contribution in [2.45, 2.75) is 83.5 Å². The van der Waals surface area contributed by atoms with Crippen LogP contribution in [0.3, 0.4) is 0 Å². The highest BCUT2D eigenvalue weighted by Crippen LogP contribution is 2.43. The van der Waals surface area contributed by atoms with Crippen molar-refractivity contribution in [3.05, 3.63) is 35.1 Å². The van der Waals surface area contributed by atoms with Crippen LogP contribution < -0.4 is 0 Å². The molecule has 7 heteroatoms. The molecular weight excluding hydrogens is 456 g/mol. The van der Waals surface area contributed by atoms with Gasteiger partial charge in [0.25, 0.3) is 0 Å². The Hall–Kier alpha value is -1.54. The Morgan fingerprint density at radius 2 is 1.74 bits per heavy atom. The van der Waals surface area contributed by atoms with E-state index in [-0.39, 0.29) is 5.04 Å². The van der Waals surface area contributed by atoms with Gasteiger partial charge in [-0.2, -0.15) is 0 Å². The summed E-state index contributed by atoms with van der Waals surface area (Å²) >= 11 is 1.79. The van der Waals surface area contributed by atoms with E-state index < -0.39 is 8.24 Å². The number of fused-ring (bicyclic) bond motifs is 1. The van der Waals surface area contributed by atoms with Crippen LogP contribution in [0.15, 0.2) is 24.7 Å². The van der Waals surface area contributed by atoms with E-state index >= 15 is 0 Å². The van der Waals surface area contributed by atoms with Crippen LogP contribution in [0.5, 0.6) is 0 Å². The van der Waals surface area contributed by atoms with Crippen molar-refractivity contribution in [2.24, 2.45) is 0 Å². The lowest BCUT2D eigenvalue weighted by Gasteiger charge is -2.39. The summed E-state index contributed by atoms with van der Waals surface area (Å²) in [6, 6.07) is 3.18. The zero-order valence-electron chi connectivity index (χ0n) is 21.7. The van der Waals surface area contributed by atoms with Crippen LogP contribution in [-0.2, 0) is 4.74 Å². The Labute approximate surface area is 209 Å². The Morgan fingerprint density at radius 1 is 1.03 bits per heavy atom. The minimum Gasteiger partial charge on any atom is -0.379 e. The minimum absolute atomic E-state index is 0.229. The zero-order chi connectivity index (χ0) is 24.1. The third-order valence-electron chi connectivity index (χ3n) is 8.68. The fraction of sp³-hybridized carbons (Fsp3) is 0.630. The third-order valence-corrected chi connectivity index (χ3v) is 14.8. The number of morpholine rings is 1. The summed E-state index contributed by atoms with van der Waals surface area (Å²) in [6.45, 7) is 18.2. The van der Waals surface area contributed by atoms with Gasteiger partial charge in [-0.05, 0) is 55.2 Å². The molecule has 0 spiro atoms. The van der Waals surface area contributed by atoms with Crippen LogP contribution in [0.1, 0.15) is 62.8 Å². The number of aryl methyl sites for hydroxylation is 1. The number of rotatable bonds is 4. The van der Waals surface area contributed by atoms with E-state index in [1.807, 2.05) is 6.20 Å². The van der Waals surface area contributed by atoms with Gasteiger partial charge >= 0.3 is 0 Å². The van der Waals surface area contributed by atoms with Crippen molar-refractivity contribution < 1.29 is 4.74 Å². The molecule has 4 heterocycles. The summed E-state index contributed by atoms with van der Waals surface area (Å²) in [4.78, 5) is 13.8. The first-order valence-corrected chi connectivity index (χ1v) is 16.7. The standard InChI is InChI=1S/C27H40N4OSSi/c1-19-16-29-26(33-19)24-18-31(34(5,6)27(2,3)4)25-23(24)15-21(17-28-25)20-7-9-22(10-8-20)30-11-13-32-14-12-30/h15-18,20,22H,7-14H2,1-6H3. The molecule has 184 valence electrons. The lowest BCUT2D eigenvalue weighted by Crippen LogP contribution is -2.45. The first-order chi connectivity index (χ1) is 16.1. The fourth-order valence-corrected chi connectivity index (χ4v) is 8.17. The second kappa shape index (κ2) is 9.15. The molecule has 1 aliphatic heterocycles. The normalized spacial score (nSPS) is 23.0. The Kier molecular flexibility index (Phi) is 6.51. The quantitative estimate of drug-likeness (QED) is 0.378. The van der Waals surface area contributed by atoms with Gasteiger partial charge in [-0.1, -0.05) is 33.9 Å². The van der Waals surface area contributed by atoms with E-state index in [1.165, 1.54) is 47.1 Å². The van der Waals surface area contributed by atoms with E-state index in [0.29, 0.717) is 5.92 Å². The topological polar surface area (TPSA) is 43.2 Å². The molecule has 2 fully saturated rings. The number of ether oxygens (including phenoxy) is 1. The maximum Gasteiger partial charge on any atom is 0.163 e. The molecular formula is C27H40N4OSSi. The number of aromatic nitrogens is 3. The third kappa shape index (κ3) is 4.40. The Bertz CT molecular complexity index is 1150. The predicted octanol–water partition coefficient (Wildman–Crippen LogP) is 6.68. The molecule has 0 unspecified atom stereocenters. The van der Waals surface area contributed by atoms with Crippen molar-refractivity contribution in [2.75, 3.05) is 26.3 Å². The molecule has 1 aliphatic carbocycles. The van der Waals surface area contributed by atoms with Gasteiger partial charge in [0.15, 0.2) is 8.24 Å². The molecule has 1 saturated carbocycles. The van der Waals surface area contributed by atoms with E-state index in [4.69, 9.17) is 14.7 Å². The maximum atomic E-state index is 5.56. The number of nitrogens with zero attached hydrogens (tertiary/aromatic N) is 4. The SMILES string of the molecule is Cc1cnc(-c2cn([Si](C)(C)C(C)(C)C)c3ncc(C4CCC(N5CCOCC5)CC4)cc23)s1. The number of thiazole rings is 1. The molecule has 3 aromatic heterocycles. The molecule has 2 aliphatic rings. The van der Waals surface area contributed by atoms with Crippen LogP contribution in [-0.4, -0.2) is 59.7 Å². The fourth-order valence-electron chi connectivity index (χ4n) is 5.50. The number of hydrogen-bond acceptors (Lipinski definition) is 5. The summed E-state index contributed by atoms with van der Waals surface area (Å²) in [7, 11) is -1.82. The van der Waals surface area contributed by atoms with Crippen molar-refractivity contribution >= 4 is 30.6 Å². The lowest BCUT2D eigenvalue weighted by atomic mass is 9.81. The van der Waals surface area contributed by atoms with E-state index in [1.54, 1.807) is 11.3 Å². The van der Waals surface area contributed by atoms with Crippen LogP contribution in [0.2, 0.25) is 18.1 Å². The molecule has 3 aromatic rings. The summed E-state index contributed by atoms with van der Waals surface area (Å²) in [5.41, 5.74) is 3.81. The van der Waals surface area contributed by atoms with Gasteiger partial charge in [0.1, 0.15) is 10.7 Å². The second-order valence-electron chi connectivity index (χ2n) is 11.8. The highest BCUT2D eigenvalue weighted by molar-refractivity contribution is 7.15. The average Bonchev–Trinajstić information content (AvgIpc) is 3.42. The number of pyridine rings is 1. The summed E-state index contributed by atoms with van der Waals surface area (Å²) < 4.78 is 8.10. The van der Waals surface area contributed by atoms with Crippen LogP contribution in [0.4, 0.5) is 0 Å². The van der Waals surface area contributed by atoms with Crippen molar-refractivity contribution in [1.29, 1.82) is 0 Å². The molecule has 0 amide bonds. The lowest BCUT2D eigenvalue weighted by molar-refractivity contribution is 0.00729. The smallest absolute Gasteiger partial charge is 0.163 e. The predicted molar refractivity (Wildman–Crippen MR) is 146 cm³/mol. The van der Waals surface area contributed by atoms with Gasteiger partial charge in [-0.3, -0.25) is 4.90 Å². The average molecular weight is 497 g/mol. The van der Waals surface area contributed by atoms with Gasteiger partial charge in [-0.25, -0.2) is 9.97 Å². The van der Waals surface area contributed by atoms with Crippen LogP contribution in [0.25, 0.3) is 21.6 Å². The van der Waals surface area contributed by atoms with Crippen LogP contribution >= 0.6 is 11.3 Å². The summed E-state index contributed by atoms with van der Waals surface area (Å²) in [6.07, 6.45) is 11.6. The van der Waals surface area contributed by atoms with Gasteiger partial charge in [0, 0.05) is 53.5 Å². The highest BCUT2D eigenvalue weighted by atomic mass is 32.1. The molecule has 34 heavy (non-hydrogen) atoms. The molecule has 0 atom stereocenters. The second-order valence-corrected chi connectivity index (χ2v) is 18.1. The zero-order valence-corrected chi connectivity index (χ0v) is 23.5. The first kappa shape index (κ1) is 24.2. The van der Waals surface area contributed by atoms with Gasteiger partial charge in [0.2, 0.25) is 0 Å². The molecule has 0 N–H and O–H groups in total. The Morgan fingerprint density at radius 3 is 2.35 bits per heavy atom. The van der Waals surface area contributed by atoms with Crippen molar-refractivity contribution in [3.63, 3.8) is 0 Å². The minimum atomic E-state index is -1.82. The van der Waals surface area contributed by atoms with Crippen molar-refractivity contribution in [3.8, 4) is 10.6 Å². The van der Waals surface area contributed by atoms with E-state index in [0.717, 1.165) is 43.0 Å². The molecule has 1 saturated heterocycles. The molecule has 0 radical (unpaired) electrons. The molecule has 0 bridgehead atoms.